The molecule has 1 aromatic carbocycles. The molecule has 1 nitrogen and oxygen atoms in total. The van der Waals surface area contributed by atoms with Crippen molar-refractivity contribution in [3.05, 3.63) is 29.3 Å². The maximum atomic E-state index is 12.6. The highest BCUT2D eigenvalue weighted by Crippen LogP contribution is 2.40. The summed E-state index contributed by atoms with van der Waals surface area (Å²) in [6, 6.07) is 5.27. The van der Waals surface area contributed by atoms with Crippen molar-refractivity contribution in [1.29, 1.82) is 5.26 Å². The van der Waals surface area contributed by atoms with Gasteiger partial charge in [-0.3, -0.25) is 0 Å². The van der Waals surface area contributed by atoms with Gasteiger partial charge in [0.15, 0.2) is 0 Å². The second kappa shape index (κ2) is 4.81. The number of halogens is 3. The number of nitriles is 1. The number of benzene rings is 1. The second-order valence-corrected chi connectivity index (χ2v) is 5.01. The first kappa shape index (κ1) is 12.3. The molecular formula is C9H6F3NS2. The summed E-state index contributed by atoms with van der Waals surface area (Å²) in [5.41, 5.74) is -0.728. The minimum atomic E-state index is -4.41. The lowest BCUT2D eigenvalue weighted by atomic mass is 10.1. The van der Waals surface area contributed by atoms with E-state index in [1.165, 1.54) is 22.9 Å². The van der Waals surface area contributed by atoms with Gasteiger partial charge < -0.3 is 0 Å². The van der Waals surface area contributed by atoms with E-state index in [1.54, 1.807) is 12.3 Å². The average molecular weight is 249 g/mol. The SMILES string of the molecule is CSSc1ccc(C#N)cc1C(F)(F)F. The molecule has 0 aliphatic heterocycles. The van der Waals surface area contributed by atoms with Crippen molar-refractivity contribution in [2.24, 2.45) is 0 Å². The molecule has 0 saturated heterocycles. The lowest BCUT2D eigenvalue weighted by Crippen LogP contribution is -2.06. The molecule has 0 unspecified atom stereocenters. The van der Waals surface area contributed by atoms with Gasteiger partial charge in [-0.1, -0.05) is 21.6 Å². The quantitative estimate of drug-likeness (QED) is 0.741. The lowest BCUT2D eigenvalue weighted by Gasteiger charge is -2.11. The Kier molecular flexibility index (Phi) is 3.94. The third-order valence-corrected chi connectivity index (χ3v) is 3.33. The Balaban J connectivity index is 3.24. The molecule has 0 radical (unpaired) electrons. The molecule has 0 aliphatic carbocycles. The van der Waals surface area contributed by atoms with Crippen LogP contribution in [0.2, 0.25) is 0 Å². The highest BCUT2D eigenvalue weighted by atomic mass is 33.1. The van der Waals surface area contributed by atoms with E-state index in [0.29, 0.717) is 0 Å². The van der Waals surface area contributed by atoms with Crippen molar-refractivity contribution in [3.8, 4) is 6.07 Å². The molecule has 80 valence electrons. The first-order valence-corrected chi connectivity index (χ1v) is 6.37. The minimum Gasteiger partial charge on any atom is -0.192 e. The molecule has 0 heterocycles. The molecular weight excluding hydrogens is 243 g/mol. The van der Waals surface area contributed by atoms with Crippen molar-refractivity contribution >= 4 is 21.6 Å². The van der Waals surface area contributed by atoms with Crippen molar-refractivity contribution in [3.63, 3.8) is 0 Å². The summed E-state index contributed by atoms with van der Waals surface area (Å²) in [5.74, 6) is 0. The Morgan fingerprint density at radius 2 is 2.00 bits per heavy atom. The topological polar surface area (TPSA) is 23.8 Å². The monoisotopic (exact) mass is 249 g/mol. The van der Waals surface area contributed by atoms with Gasteiger partial charge in [-0.15, -0.1) is 0 Å². The van der Waals surface area contributed by atoms with Crippen LogP contribution in [-0.4, -0.2) is 6.26 Å². The molecule has 0 aromatic heterocycles. The molecule has 0 fully saturated rings. The minimum absolute atomic E-state index is 0.0211. The van der Waals surface area contributed by atoms with Crippen molar-refractivity contribution < 1.29 is 13.2 Å². The molecule has 0 amide bonds. The normalized spacial score (nSPS) is 11.1. The molecule has 0 saturated carbocycles. The maximum absolute atomic E-state index is 12.6. The van der Waals surface area contributed by atoms with Crippen LogP contribution in [0, 0.1) is 11.3 Å². The van der Waals surface area contributed by atoms with E-state index >= 15 is 0 Å². The zero-order valence-electron chi connectivity index (χ0n) is 7.63. The predicted octanol–water partition coefficient (Wildman–Crippen LogP) is 3.95. The third-order valence-electron chi connectivity index (χ3n) is 1.59. The second-order valence-electron chi connectivity index (χ2n) is 2.57. The standard InChI is InChI=1S/C9H6F3NS2/c1-14-15-8-3-2-6(5-13)4-7(8)9(10,11)12/h2-4H,1H3. The van der Waals surface area contributed by atoms with Crippen LogP contribution in [0.15, 0.2) is 23.1 Å². The van der Waals surface area contributed by atoms with Gasteiger partial charge in [-0.2, -0.15) is 18.4 Å². The van der Waals surface area contributed by atoms with Gasteiger partial charge in [-0.25, -0.2) is 0 Å². The van der Waals surface area contributed by atoms with E-state index in [9.17, 15) is 13.2 Å². The fraction of sp³-hybridized carbons (Fsp3) is 0.222. The van der Waals surface area contributed by atoms with E-state index in [0.717, 1.165) is 16.9 Å². The largest absolute Gasteiger partial charge is 0.417 e. The molecule has 15 heavy (non-hydrogen) atoms. The highest BCUT2D eigenvalue weighted by Gasteiger charge is 2.33. The Hall–Kier alpha value is -0.800. The smallest absolute Gasteiger partial charge is 0.192 e. The summed E-state index contributed by atoms with van der Waals surface area (Å²) in [7, 11) is 2.27. The van der Waals surface area contributed by atoms with E-state index in [2.05, 4.69) is 0 Å². The van der Waals surface area contributed by atoms with Gasteiger partial charge in [0.2, 0.25) is 0 Å². The van der Waals surface area contributed by atoms with Gasteiger partial charge in [0.05, 0.1) is 17.2 Å². The van der Waals surface area contributed by atoms with Crippen LogP contribution in [0.4, 0.5) is 13.2 Å². The van der Waals surface area contributed by atoms with Gasteiger partial charge in [0.25, 0.3) is 0 Å². The summed E-state index contributed by atoms with van der Waals surface area (Å²) in [4.78, 5) is 0.133. The van der Waals surface area contributed by atoms with Gasteiger partial charge in [0, 0.05) is 4.90 Å². The van der Waals surface area contributed by atoms with Crippen LogP contribution in [0.5, 0.6) is 0 Å². The zero-order chi connectivity index (χ0) is 11.5. The Morgan fingerprint density at radius 1 is 1.33 bits per heavy atom. The molecule has 0 aliphatic rings. The number of hydrogen-bond acceptors (Lipinski definition) is 3. The molecule has 0 bridgehead atoms. The number of nitrogens with zero attached hydrogens (tertiary/aromatic N) is 1. The Morgan fingerprint density at radius 3 is 2.47 bits per heavy atom. The molecule has 0 spiro atoms. The Labute approximate surface area is 93.1 Å². The molecule has 1 rings (SSSR count). The molecule has 0 atom stereocenters. The van der Waals surface area contributed by atoms with Crippen LogP contribution >= 0.6 is 21.6 Å². The fourth-order valence-electron chi connectivity index (χ4n) is 0.984. The number of rotatable bonds is 2. The molecule has 0 N–H and O–H groups in total. The van der Waals surface area contributed by atoms with Crippen LogP contribution < -0.4 is 0 Å². The van der Waals surface area contributed by atoms with E-state index in [1.807, 2.05) is 0 Å². The molecule has 1 aromatic rings. The highest BCUT2D eigenvalue weighted by molar-refractivity contribution is 8.76. The van der Waals surface area contributed by atoms with Crippen LogP contribution in [-0.2, 0) is 6.18 Å². The van der Waals surface area contributed by atoms with Gasteiger partial charge in [-0.05, 0) is 24.5 Å². The van der Waals surface area contributed by atoms with Crippen molar-refractivity contribution in [1.82, 2.24) is 0 Å². The van der Waals surface area contributed by atoms with E-state index in [-0.39, 0.29) is 10.5 Å². The van der Waals surface area contributed by atoms with Crippen LogP contribution in [0.1, 0.15) is 11.1 Å². The van der Waals surface area contributed by atoms with Crippen LogP contribution in [0.3, 0.4) is 0 Å². The first-order chi connectivity index (χ1) is 6.99. The predicted molar refractivity (Wildman–Crippen MR) is 55.5 cm³/mol. The van der Waals surface area contributed by atoms with Crippen molar-refractivity contribution in [2.75, 3.05) is 6.26 Å². The summed E-state index contributed by atoms with van der Waals surface area (Å²) >= 11 is 0. The maximum Gasteiger partial charge on any atom is 0.417 e. The summed E-state index contributed by atoms with van der Waals surface area (Å²) in [6.45, 7) is 0. The number of hydrogen-bond donors (Lipinski definition) is 0. The van der Waals surface area contributed by atoms with Crippen LogP contribution in [0.25, 0.3) is 0 Å². The molecule has 6 heteroatoms. The Bertz CT molecular complexity index is 395. The summed E-state index contributed by atoms with van der Waals surface area (Å²) in [5, 5.41) is 8.52. The van der Waals surface area contributed by atoms with Gasteiger partial charge >= 0.3 is 6.18 Å². The van der Waals surface area contributed by atoms with E-state index in [4.69, 9.17) is 5.26 Å². The number of alkyl halides is 3. The summed E-state index contributed by atoms with van der Waals surface area (Å²) < 4.78 is 37.7. The zero-order valence-corrected chi connectivity index (χ0v) is 9.26. The van der Waals surface area contributed by atoms with E-state index < -0.39 is 11.7 Å². The van der Waals surface area contributed by atoms with Crippen molar-refractivity contribution in [2.45, 2.75) is 11.1 Å². The summed E-state index contributed by atoms with van der Waals surface area (Å²) in [6.07, 6.45) is -2.71. The fourth-order valence-corrected chi connectivity index (χ4v) is 2.53. The lowest BCUT2D eigenvalue weighted by molar-refractivity contribution is -0.139. The van der Waals surface area contributed by atoms with Gasteiger partial charge in [0.1, 0.15) is 0 Å². The third kappa shape index (κ3) is 3.08. The first-order valence-electron chi connectivity index (χ1n) is 3.81. The average Bonchev–Trinajstić information content (AvgIpc) is 2.17.